The zero-order valence-electron chi connectivity index (χ0n) is 10.1. The summed E-state index contributed by atoms with van der Waals surface area (Å²) in [5.74, 6) is -0.517. The molecule has 0 bridgehead atoms. The smallest absolute Gasteiger partial charge is 0.186 e. The number of hydrogen-bond acceptors (Lipinski definition) is 2. The molecule has 20 heavy (non-hydrogen) atoms. The lowest BCUT2D eigenvalue weighted by atomic mass is 10.1. The van der Waals surface area contributed by atoms with Crippen molar-refractivity contribution in [3.63, 3.8) is 0 Å². The average molecular weight is 419 g/mol. The van der Waals surface area contributed by atoms with E-state index >= 15 is 0 Å². The van der Waals surface area contributed by atoms with Gasteiger partial charge in [0.15, 0.2) is 5.78 Å². The number of allylic oxidation sites excluding steroid dienone is 1. The number of carbonyl (C=O) groups is 1. The van der Waals surface area contributed by atoms with E-state index in [1.807, 2.05) is 12.1 Å². The van der Waals surface area contributed by atoms with Crippen LogP contribution in [0.15, 0.2) is 58.8 Å². The molecular weight excluding hydrogens is 410 g/mol. The first-order chi connectivity index (χ1) is 9.56. The standard InChI is InChI=1S/C15H9ClFIOS/c16-13-9-12(5-6-14(13)17)20-8-7-15(19)10-1-3-11(18)4-2-10/h1-9H. The minimum Gasteiger partial charge on any atom is -0.289 e. The molecule has 2 rings (SSSR count). The van der Waals surface area contributed by atoms with Crippen molar-refractivity contribution in [2.45, 2.75) is 4.90 Å². The van der Waals surface area contributed by atoms with Crippen LogP contribution >= 0.6 is 46.0 Å². The van der Waals surface area contributed by atoms with Crippen molar-refractivity contribution in [2.75, 3.05) is 0 Å². The van der Waals surface area contributed by atoms with E-state index in [0.717, 1.165) is 8.47 Å². The van der Waals surface area contributed by atoms with Gasteiger partial charge in [0.05, 0.1) is 5.02 Å². The van der Waals surface area contributed by atoms with Crippen LogP contribution in [0.25, 0.3) is 0 Å². The van der Waals surface area contributed by atoms with Gasteiger partial charge in [-0.05, 0) is 64.4 Å². The third-order valence-electron chi connectivity index (χ3n) is 2.44. The highest BCUT2D eigenvalue weighted by molar-refractivity contribution is 14.1. The number of ketones is 1. The van der Waals surface area contributed by atoms with Crippen molar-refractivity contribution < 1.29 is 9.18 Å². The predicted octanol–water partition coefficient (Wildman–Crippen LogP) is 5.57. The summed E-state index contributed by atoms with van der Waals surface area (Å²) in [4.78, 5) is 12.7. The normalized spacial score (nSPS) is 10.9. The third-order valence-corrected chi connectivity index (χ3v) is 4.25. The maximum Gasteiger partial charge on any atom is 0.186 e. The lowest BCUT2D eigenvalue weighted by Crippen LogP contribution is -1.93. The van der Waals surface area contributed by atoms with Crippen LogP contribution in [-0.2, 0) is 0 Å². The van der Waals surface area contributed by atoms with Gasteiger partial charge in [-0.25, -0.2) is 4.39 Å². The fourth-order valence-electron chi connectivity index (χ4n) is 1.43. The van der Waals surface area contributed by atoms with Crippen molar-refractivity contribution in [2.24, 2.45) is 0 Å². The molecule has 0 fully saturated rings. The van der Waals surface area contributed by atoms with Gasteiger partial charge in [0.1, 0.15) is 5.82 Å². The van der Waals surface area contributed by atoms with Crippen molar-refractivity contribution in [3.05, 3.63) is 73.9 Å². The van der Waals surface area contributed by atoms with E-state index in [2.05, 4.69) is 22.6 Å². The van der Waals surface area contributed by atoms with E-state index in [0.29, 0.717) is 5.56 Å². The number of benzene rings is 2. The zero-order chi connectivity index (χ0) is 14.5. The molecule has 0 radical (unpaired) electrons. The summed E-state index contributed by atoms with van der Waals surface area (Å²) in [5.41, 5.74) is 0.638. The third kappa shape index (κ3) is 4.33. The van der Waals surface area contributed by atoms with Gasteiger partial charge in [-0.2, -0.15) is 0 Å². The number of rotatable bonds is 4. The monoisotopic (exact) mass is 418 g/mol. The van der Waals surface area contributed by atoms with Gasteiger partial charge in [-0.1, -0.05) is 35.5 Å². The largest absolute Gasteiger partial charge is 0.289 e. The first-order valence-electron chi connectivity index (χ1n) is 5.64. The fourth-order valence-corrected chi connectivity index (χ4v) is 2.72. The van der Waals surface area contributed by atoms with Crippen LogP contribution in [0.5, 0.6) is 0 Å². The summed E-state index contributed by atoms with van der Waals surface area (Å²) >= 11 is 9.19. The van der Waals surface area contributed by atoms with Gasteiger partial charge in [0.25, 0.3) is 0 Å². The molecule has 0 saturated heterocycles. The summed E-state index contributed by atoms with van der Waals surface area (Å²) < 4.78 is 14.1. The predicted molar refractivity (Wildman–Crippen MR) is 89.9 cm³/mol. The number of carbonyl (C=O) groups excluding carboxylic acids is 1. The Bertz CT molecular complexity index is 655. The molecule has 0 atom stereocenters. The second kappa shape index (κ2) is 7.24. The SMILES string of the molecule is O=C(C=CSc1ccc(F)c(Cl)c1)c1ccc(I)cc1. The van der Waals surface area contributed by atoms with E-state index in [9.17, 15) is 9.18 Å². The summed E-state index contributed by atoms with van der Waals surface area (Å²) in [6.07, 6.45) is 1.49. The highest BCUT2D eigenvalue weighted by Crippen LogP contribution is 2.24. The Hall–Kier alpha value is -0.850. The lowest BCUT2D eigenvalue weighted by Gasteiger charge is -1.98. The molecular formula is C15H9ClFIOS. The van der Waals surface area contributed by atoms with E-state index in [-0.39, 0.29) is 10.8 Å². The Morgan fingerprint density at radius 2 is 1.90 bits per heavy atom. The molecule has 0 unspecified atom stereocenters. The Morgan fingerprint density at radius 1 is 1.20 bits per heavy atom. The van der Waals surface area contributed by atoms with Crippen molar-refractivity contribution >= 4 is 51.7 Å². The number of hydrogen-bond donors (Lipinski definition) is 0. The fraction of sp³-hybridized carbons (Fsp3) is 0. The summed E-state index contributed by atoms with van der Waals surface area (Å²) in [6, 6.07) is 11.8. The van der Waals surface area contributed by atoms with Gasteiger partial charge in [0.2, 0.25) is 0 Å². The van der Waals surface area contributed by atoms with Crippen LogP contribution in [0.4, 0.5) is 4.39 Å². The molecule has 0 aliphatic heterocycles. The summed E-state index contributed by atoms with van der Waals surface area (Å²) in [6.45, 7) is 0. The molecule has 0 aliphatic carbocycles. The Kier molecular flexibility index (Phi) is 5.63. The molecule has 0 N–H and O–H groups in total. The molecule has 2 aromatic carbocycles. The molecule has 0 aromatic heterocycles. The number of halogens is 3. The molecule has 102 valence electrons. The second-order valence-corrected chi connectivity index (χ2v) is 6.50. The Morgan fingerprint density at radius 3 is 2.55 bits per heavy atom. The molecule has 0 amide bonds. The van der Waals surface area contributed by atoms with Crippen molar-refractivity contribution in [1.82, 2.24) is 0 Å². The van der Waals surface area contributed by atoms with Crippen LogP contribution in [0.3, 0.4) is 0 Å². The van der Waals surface area contributed by atoms with E-state index in [1.54, 1.807) is 23.6 Å². The molecule has 0 saturated carbocycles. The first kappa shape index (κ1) is 15.5. The minimum absolute atomic E-state index is 0.0675. The van der Waals surface area contributed by atoms with Gasteiger partial charge in [0, 0.05) is 14.0 Å². The second-order valence-electron chi connectivity index (χ2n) is 3.87. The summed E-state index contributed by atoms with van der Waals surface area (Å²) in [7, 11) is 0. The zero-order valence-corrected chi connectivity index (χ0v) is 13.9. The minimum atomic E-state index is -0.449. The van der Waals surface area contributed by atoms with Crippen LogP contribution in [0.2, 0.25) is 5.02 Å². The first-order valence-corrected chi connectivity index (χ1v) is 7.98. The van der Waals surface area contributed by atoms with E-state index in [1.165, 1.54) is 30.0 Å². The van der Waals surface area contributed by atoms with Crippen LogP contribution in [0.1, 0.15) is 10.4 Å². The van der Waals surface area contributed by atoms with Gasteiger partial charge >= 0.3 is 0 Å². The molecule has 5 heteroatoms. The van der Waals surface area contributed by atoms with Crippen LogP contribution in [-0.4, -0.2) is 5.78 Å². The van der Waals surface area contributed by atoms with Gasteiger partial charge in [-0.15, -0.1) is 0 Å². The molecule has 0 aliphatic rings. The van der Waals surface area contributed by atoms with Crippen LogP contribution in [0, 0.1) is 9.39 Å². The van der Waals surface area contributed by atoms with Gasteiger partial charge < -0.3 is 0 Å². The molecule has 2 aromatic rings. The average Bonchev–Trinajstić information content (AvgIpc) is 2.43. The topological polar surface area (TPSA) is 17.1 Å². The Labute approximate surface area is 139 Å². The van der Waals surface area contributed by atoms with Crippen LogP contribution < -0.4 is 0 Å². The molecule has 1 nitrogen and oxygen atoms in total. The number of thioether (sulfide) groups is 1. The highest BCUT2D eigenvalue weighted by Gasteiger charge is 2.02. The van der Waals surface area contributed by atoms with E-state index in [4.69, 9.17) is 11.6 Å². The van der Waals surface area contributed by atoms with Crippen molar-refractivity contribution in [1.29, 1.82) is 0 Å². The highest BCUT2D eigenvalue weighted by atomic mass is 127. The maximum absolute atomic E-state index is 13.0. The lowest BCUT2D eigenvalue weighted by molar-refractivity contribution is 0.104. The maximum atomic E-state index is 13.0. The Balaban J connectivity index is 2.00. The molecule has 0 heterocycles. The van der Waals surface area contributed by atoms with Gasteiger partial charge in [-0.3, -0.25) is 4.79 Å². The molecule has 0 spiro atoms. The summed E-state index contributed by atoms with van der Waals surface area (Å²) in [5, 5.41) is 1.75. The van der Waals surface area contributed by atoms with Crippen molar-refractivity contribution in [3.8, 4) is 0 Å². The quantitative estimate of drug-likeness (QED) is 0.279. The van der Waals surface area contributed by atoms with E-state index < -0.39 is 5.82 Å².